The van der Waals surface area contributed by atoms with E-state index in [0.717, 1.165) is 0 Å². The second kappa shape index (κ2) is 5.70. The zero-order valence-corrected chi connectivity index (χ0v) is 9.08. The van der Waals surface area contributed by atoms with Gasteiger partial charge in [-0.3, -0.25) is 10.1 Å². The molecule has 0 aromatic carbocycles. The molecule has 4 N–H and O–H groups in total. The molecule has 1 fully saturated rings. The normalized spacial score (nSPS) is 18.7. The van der Waals surface area contributed by atoms with E-state index in [-0.39, 0.29) is 12.5 Å². The Bertz CT molecular complexity index is 237. The number of urea groups is 1. The molecule has 0 radical (unpaired) electrons. The van der Waals surface area contributed by atoms with Gasteiger partial charge in [0, 0.05) is 6.04 Å². The Kier molecular flexibility index (Phi) is 4.55. The Morgan fingerprint density at radius 1 is 1.40 bits per heavy atom. The number of primary amides is 1. The predicted molar refractivity (Wildman–Crippen MR) is 57.1 cm³/mol. The van der Waals surface area contributed by atoms with Crippen LogP contribution in [-0.2, 0) is 4.79 Å². The first-order valence-electron chi connectivity index (χ1n) is 5.42. The summed E-state index contributed by atoms with van der Waals surface area (Å²) >= 11 is 0. The van der Waals surface area contributed by atoms with Gasteiger partial charge >= 0.3 is 6.03 Å². The summed E-state index contributed by atoms with van der Waals surface area (Å²) in [6.07, 6.45) is 5.02. The third kappa shape index (κ3) is 4.29. The van der Waals surface area contributed by atoms with E-state index in [4.69, 9.17) is 5.73 Å². The van der Waals surface area contributed by atoms with Crippen LogP contribution in [0, 0.1) is 5.92 Å². The number of hydrogen-bond donors (Lipinski definition) is 3. The molecule has 3 amide bonds. The molecule has 1 atom stereocenters. The van der Waals surface area contributed by atoms with E-state index in [2.05, 4.69) is 12.2 Å². The zero-order valence-electron chi connectivity index (χ0n) is 9.08. The van der Waals surface area contributed by atoms with Crippen LogP contribution >= 0.6 is 0 Å². The number of carbonyl (C=O) groups excluding carboxylic acids is 2. The summed E-state index contributed by atoms with van der Waals surface area (Å²) in [6, 6.07) is -0.471. The fourth-order valence-electron chi connectivity index (χ4n) is 2.06. The van der Waals surface area contributed by atoms with Gasteiger partial charge in [0.2, 0.25) is 5.91 Å². The molecular weight excluding hydrogens is 194 g/mol. The fourth-order valence-corrected chi connectivity index (χ4v) is 2.06. The van der Waals surface area contributed by atoms with Crippen LogP contribution < -0.4 is 16.4 Å². The minimum Gasteiger partial charge on any atom is -0.351 e. The molecule has 0 bridgehead atoms. The second-order valence-corrected chi connectivity index (χ2v) is 4.13. The number of nitrogens with one attached hydrogen (secondary N) is 2. The molecule has 1 saturated carbocycles. The monoisotopic (exact) mass is 213 g/mol. The summed E-state index contributed by atoms with van der Waals surface area (Å²) in [4.78, 5) is 21.5. The highest BCUT2D eigenvalue weighted by molar-refractivity contribution is 5.94. The van der Waals surface area contributed by atoms with E-state index in [1.165, 1.54) is 25.7 Å². The van der Waals surface area contributed by atoms with Crippen molar-refractivity contribution in [1.29, 1.82) is 0 Å². The van der Waals surface area contributed by atoms with Crippen molar-refractivity contribution in [1.82, 2.24) is 10.6 Å². The third-order valence-electron chi connectivity index (χ3n) is 2.95. The second-order valence-electron chi connectivity index (χ2n) is 4.13. The summed E-state index contributed by atoms with van der Waals surface area (Å²) < 4.78 is 0. The van der Waals surface area contributed by atoms with Crippen molar-refractivity contribution in [2.45, 2.75) is 38.6 Å². The van der Waals surface area contributed by atoms with E-state index in [1.54, 1.807) is 0 Å². The molecule has 1 aliphatic carbocycles. The molecule has 86 valence electrons. The number of imide groups is 1. The first-order chi connectivity index (χ1) is 7.09. The molecule has 0 spiro atoms. The smallest absolute Gasteiger partial charge is 0.318 e. The molecule has 1 rings (SSSR count). The zero-order chi connectivity index (χ0) is 11.3. The topological polar surface area (TPSA) is 84.2 Å². The third-order valence-corrected chi connectivity index (χ3v) is 2.95. The Morgan fingerprint density at radius 3 is 2.53 bits per heavy atom. The number of amides is 3. The van der Waals surface area contributed by atoms with Gasteiger partial charge in [0.15, 0.2) is 0 Å². The quantitative estimate of drug-likeness (QED) is 0.630. The maximum Gasteiger partial charge on any atom is 0.318 e. The van der Waals surface area contributed by atoms with Crippen molar-refractivity contribution in [2.24, 2.45) is 11.7 Å². The summed E-state index contributed by atoms with van der Waals surface area (Å²) in [5, 5.41) is 5.14. The highest BCUT2D eigenvalue weighted by atomic mass is 16.2. The molecule has 0 aromatic heterocycles. The van der Waals surface area contributed by atoms with E-state index >= 15 is 0 Å². The average Bonchev–Trinajstić information content (AvgIpc) is 2.65. The van der Waals surface area contributed by atoms with E-state index in [1.807, 2.05) is 5.32 Å². The minimum absolute atomic E-state index is 0.153. The van der Waals surface area contributed by atoms with Gasteiger partial charge in [-0.15, -0.1) is 0 Å². The first-order valence-corrected chi connectivity index (χ1v) is 5.42. The van der Waals surface area contributed by atoms with Crippen LogP contribution in [0.2, 0.25) is 0 Å². The predicted octanol–water partition coefficient (Wildman–Crippen LogP) is 0.350. The number of carbonyl (C=O) groups is 2. The largest absolute Gasteiger partial charge is 0.351 e. The molecule has 5 nitrogen and oxygen atoms in total. The molecule has 0 unspecified atom stereocenters. The summed E-state index contributed by atoms with van der Waals surface area (Å²) in [5.41, 5.74) is 4.82. The number of nitrogens with two attached hydrogens (primary N) is 1. The van der Waals surface area contributed by atoms with Gasteiger partial charge < -0.3 is 11.1 Å². The molecule has 0 heterocycles. The number of hydrogen-bond acceptors (Lipinski definition) is 3. The lowest BCUT2D eigenvalue weighted by Crippen LogP contribution is -2.44. The Morgan fingerprint density at radius 2 is 2.00 bits per heavy atom. The van der Waals surface area contributed by atoms with E-state index < -0.39 is 6.03 Å². The van der Waals surface area contributed by atoms with Gasteiger partial charge in [0.05, 0.1) is 6.54 Å². The minimum atomic E-state index is -0.796. The molecule has 0 aliphatic heterocycles. The van der Waals surface area contributed by atoms with E-state index in [9.17, 15) is 9.59 Å². The lowest BCUT2D eigenvalue weighted by molar-refractivity contribution is -0.119. The van der Waals surface area contributed by atoms with Crippen molar-refractivity contribution in [3.05, 3.63) is 0 Å². The molecular formula is C10H19N3O2. The first kappa shape index (κ1) is 12.0. The van der Waals surface area contributed by atoms with Gasteiger partial charge in [-0.1, -0.05) is 12.8 Å². The van der Waals surface area contributed by atoms with Crippen molar-refractivity contribution in [3.8, 4) is 0 Å². The lowest BCUT2D eigenvalue weighted by Gasteiger charge is -2.19. The molecule has 0 aromatic rings. The average molecular weight is 213 g/mol. The van der Waals surface area contributed by atoms with Crippen LogP contribution in [-0.4, -0.2) is 24.5 Å². The van der Waals surface area contributed by atoms with Crippen molar-refractivity contribution in [2.75, 3.05) is 6.54 Å². The summed E-state index contributed by atoms with van der Waals surface area (Å²) in [6.45, 7) is 2.23. The Hall–Kier alpha value is -1.10. The van der Waals surface area contributed by atoms with Crippen molar-refractivity contribution < 1.29 is 9.59 Å². The molecule has 15 heavy (non-hydrogen) atoms. The number of rotatable bonds is 4. The van der Waals surface area contributed by atoms with Crippen molar-refractivity contribution in [3.63, 3.8) is 0 Å². The van der Waals surface area contributed by atoms with Gasteiger partial charge in [0.1, 0.15) is 0 Å². The van der Waals surface area contributed by atoms with E-state index in [0.29, 0.717) is 12.0 Å². The van der Waals surface area contributed by atoms with Crippen LogP contribution in [0.1, 0.15) is 32.6 Å². The molecule has 0 saturated heterocycles. The van der Waals surface area contributed by atoms with Crippen LogP contribution in [0.3, 0.4) is 0 Å². The van der Waals surface area contributed by atoms with Crippen molar-refractivity contribution >= 4 is 11.9 Å². The summed E-state index contributed by atoms with van der Waals surface area (Å²) in [5.74, 6) is 0.290. The van der Waals surface area contributed by atoms with Crippen LogP contribution in [0.5, 0.6) is 0 Å². The Labute approximate surface area is 89.8 Å². The van der Waals surface area contributed by atoms with Crippen LogP contribution in [0.4, 0.5) is 4.79 Å². The highest BCUT2D eigenvalue weighted by Crippen LogP contribution is 2.27. The van der Waals surface area contributed by atoms with Gasteiger partial charge in [0.25, 0.3) is 0 Å². The SMILES string of the molecule is C[C@@H](NCC(=O)NC(N)=O)C1CCCC1. The lowest BCUT2D eigenvalue weighted by atomic mass is 10.00. The highest BCUT2D eigenvalue weighted by Gasteiger charge is 2.21. The van der Waals surface area contributed by atoms with Gasteiger partial charge in [-0.05, 0) is 25.7 Å². The standard InChI is InChI=1S/C10H19N3O2/c1-7(8-4-2-3-5-8)12-6-9(14)13-10(11)15/h7-8,12H,2-6H2,1H3,(H3,11,13,14,15)/t7-/m1/s1. The molecule has 5 heteroatoms. The fraction of sp³-hybridized carbons (Fsp3) is 0.800. The van der Waals surface area contributed by atoms with Gasteiger partial charge in [-0.2, -0.15) is 0 Å². The van der Waals surface area contributed by atoms with Crippen LogP contribution in [0.25, 0.3) is 0 Å². The Balaban J connectivity index is 2.18. The molecule has 1 aliphatic rings. The summed E-state index contributed by atoms with van der Waals surface area (Å²) in [7, 11) is 0. The maximum atomic E-state index is 11.1. The van der Waals surface area contributed by atoms with Gasteiger partial charge in [-0.25, -0.2) is 4.79 Å². The van der Waals surface area contributed by atoms with Crippen LogP contribution in [0.15, 0.2) is 0 Å². The maximum absolute atomic E-state index is 11.1.